The minimum Gasteiger partial charge on any atom is -0.354 e. The average Bonchev–Trinajstić information content (AvgIpc) is 2.68. The molecule has 7 nitrogen and oxygen atoms in total. The number of piperazine rings is 1. The molecule has 1 aliphatic heterocycles. The average molecular weight is 350 g/mol. The summed E-state index contributed by atoms with van der Waals surface area (Å²) in [6.45, 7) is 4.45. The molecule has 134 valence electrons. The maximum atomic E-state index is 12.0. The van der Waals surface area contributed by atoms with E-state index in [1.54, 1.807) is 30.5 Å². The van der Waals surface area contributed by atoms with Gasteiger partial charge in [-0.2, -0.15) is 5.26 Å². The van der Waals surface area contributed by atoms with Gasteiger partial charge in [-0.05, 0) is 42.9 Å². The number of anilines is 2. The molecule has 0 spiro atoms. The minimum atomic E-state index is -0.294. The van der Waals surface area contributed by atoms with Gasteiger partial charge in [0, 0.05) is 44.6 Å². The van der Waals surface area contributed by atoms with Crippen LogP contribution in [-0.2, 0) is 6.54 Å². The van der Waals surface area contributed by atoms with Gasteiger partial charge in [0.1, 0.15) is 5.82 Å². The standard InChI is InChI=1S/C19H22N6O/c1-24-8-10-25(11-9-24)18-7-4-16(13-21-18)14-22-19(26)23-17-5-2-15(12-20)3-6-17/h2-7,13H,8-11,14H2,1H3,(H2,22,23,26). The van der Waals surface area contributed by atoms with Crippen molar-refractivity contribution in [3.05, 3.63) is 53.7 Å². The molecule has 0 radical (unpaired) electrons. The van der Waals surface area contributed by atoms with Gasteiger partial charge < -0.3 is 20.4 Å². The van der Waals surface area contributed by atoms with E-state index in [9.17, 15) is 4.79 Å². The van der Waals surface area contributed by atoms with Crippen LogP contribution in [0.5, 0.6) is 0 Å². The Morgan fingerprint density at radius 1 is 1.15 bits per heavy atom. The summed E-state index contributed by atoms with van der Waals surface area (Å²) in [6, 6.07) is 12.5. The second-order valence-electron chi connectivity index (χ2n) is 6.31. The maximum Gasteiger partial charge on any atom is 0.319 e. The van der Waals surface area contributed by atoms with Crippen LogP contribution >= 0.6 is 0 Å². The fourth-order valence-corrected chi connectivity index (χ4v) is 2.73. The molecule has 2 heterocycles. The molecule has 0 atom stereocenters. The predicted octanol–water partition coefficient (Wildman–Crippen LogP) is 2.03. The van der Waals surface area contributed by atoms with E-state index >= 15 is 0 Å². The van der Waals surface area contributed by atoms with Crippen LogP contribution in [0.25, 0.3) is 0 Å². The molecular weight excluding hydrogens is 328 g/mol. The summed E-state index contributed by atoms with van der Waals surface area (Å²) >= 11 is 0. The lowest BCUT2D eigenvalue weighted by Crippen LogP contribution is -2.44. The lowest BCUT2D eigenvalue weighted by atomic mass is 10.2. The topological polar surface area (TPSA) is 84.3 Å². The van der Waals surface area contributed by atoms with E-state index in [1.807, 2.05) is 18.2 Å². The van der Waals surface area contributed by atoms with Crippen LogP contribution in [0.1, 0.15) is 11.1 Å². The predicted molar refractivity (Wildman–Crippen MR) is 101 cm³/mol. The van der Waals surface area contributed by atoms with Crippen molar-refractivity contribution in [3.63, 3.8) is 0 Å². The van der Waals surface area contributed by atoms with Crippen molar-refractivity contribution in [2.24, 2.45) is 0 Å². The number of carbonyl (C=O) groups excluding carboxylic acids is 1. The van der Waals surface area contributed by atoms with Crippen LogP contribution in [0.3, 0.4) is 0 Å². The number of hydrogen-bond donors (Lipinski definition) is 2. The Morgan fingerprint density at radius 3 is 2.50 bits per heavy atom. The van der Waals surface area contributed by atoms with E-state index in [4.69, 9.17) is 5.26 Å². The van der Waals surface area contributed by atoms with Gasteiger partial charge in [-0.15, -0.1) is 0 Å². The van der Waals surface area contributed by atoms with E-state index in [2.05, 4.69) is 32.5 Å². The number of amides is 2. The third-order valence-electron chi connectivity index (χ3n) is 4.36. The summed E-state index contributed by atoms with van der Waals surface area (Å²) in [7, 11) is 2.13. The number of pyridine rings is 1. The summed E-state index contributed by atoms with van der Waals surface area (Å²) in [5, 5.41) is 14.3. The molecule has 2 amide bonds. The Hall–Kier alpha value is -3.11. The minimum absolute atomic E-state index is 0.294. The Morgan fingerprint density at radius 2 is 1.88 bits per heavy atom. The Kier molecular flexibility index (Phi) is 5.66. The first-order chi connectivity index (χ1) is 12.6. The van der Waals surface area contributed by atoms with Gasteiger partial charge in [-0.1, -0.05) is 6.07 Å². The molecule has 7 heteroatoms. The summed E-state index contributed by atoms with van der Waals surface area (Å²) in [4.78, 5) is 21.1. The summed E-state index contributed by atoms with van der Waals surface area (Å²) < 4.78 is 0. The van der Waals surface area contributed by atoms with Crippen molar-refractivity contribution in [3.8, 4) is 6.07 Å². The van der Waals surface area contributed by atoms with Gasteiger partial charge in [0.2, 0.25) is 0 Å². The Labute approximate surface area is 153 Å². The fraction of sp³-hybridized carbons (Fsp3) is 0.316. The molecule has 0 unspecified atom stereocenters. The molecule has 2 N–H and O–H groups in total. The summed E-state index contributed by atoms with van der Waals surface area (Å²) in [5.41, 5.74) is 2.14. The number of hydrogen-bond acceptors (Lipinski definition) is 5. The van der Waals surface area contributed by atoms with Crippen molar-refractivity contribution in [2.45, 2.75) is 6.54 Å². The number of urea groups is 1. The van der Waals surface area contributed by atoms with E-state index in [1.165, 1.54) is 0 Å². The van der Waals surface area contributed by atoms with Crippen LogP contribution in [-0.4, -0.2) is 49.1 Å². The van der Waals surface area contributed by atoms with Gasteiger partial charge in [-0.3, -0.25) is 0 Å². The highest BCUT2D eigenvalue weighted by Gasteiger charge is 2.14. The number of aromatic nitrogens is 1. The first kappa shape index (κ1) is 17.7. The molecule has 0 bridgehead atoms. The van der Waals surface area contributed by atoms with Gasteiger partial charge in [0.25, 0.3) is 0 Å². The monoisotopic (exact) mass is 350 g/mol. The van der Waals surface area contributed by atoms with Crippen molar-refractivity contribution in [2.75, 3.05) is 43.4 Å². The molecule has 1 aliphatic rings. The number of rotatable bonds is 4. The quantitative estimate of drug-likeness (QED) is 0.881. The summed E-state index contributed by atoms with van der Waals surface area (Å²) in [5.74, 6) is 0.976. The smallest absolute Gasteiger partial charge is 0.319 e. The fourth-order valence-electron chi connectivity index (χ4n) is 2.73. The van der Waals surface area contributed by atoms with E-state index in [0.717, 1.165) is 37.6 Å². The van der Waals surface area contributed by atoms with Crippen LogP contribution in [0.2, 0.25) is 0 Å². The first-order valence-electron chi connectivity index (χ1n) is 8.57. The third kappa shape index (κ3) is 4.71. The number of nitrogens with one attached hydrogen (secondary N) is 2. The maximum absolute atomic E-state index is 12.0. The van der Waals surface area contributed by atoms with Crippen LogP contribution in [0.4, 0.5) is 16.3 Å². The van der Waals surface area contributed by atoms with E-state index < -0.39 is 0 Å². The van der Waals surface area contributed by atoms with Crippen molar-refractivity contribution in [1.82, 2.24) is 15.2 Å². The zero-order valence-electron chi connectivity index (χ0n) is 14.8. The lowest BCUT2D eigenvalue weighted by Gasteiger charge is -2.33. The van der Waals surface area contributed by atoms with Gasteiger partial charge >= 0.3 is 6.03 Å². The highest BCUT2D eigenvalue weighted by molar-refractivity contribution is 5.89. The van der Waals surface area contributed by atoms with Gasteiger partial charge in [0.15, 0.2) is 0 Å². The number of benzene rings is 1. The molecular formula is C19H22N6O. The van der Waals surface area contributed by atoms with Crippen LogP contribution < -0.4 is 15.5 Å². The van der Waals surface area contributed by atoms with Crippen molar-refractivity contribution in [1.29, 1.82) is 5.26 Å². The first-order valence-corrected chi connectivity index (χ1v) is 8.57. The molecule has 26 heavy (non-hydrogen) atoms. The van der Waals surface area contributed by atoms with Gasteiger partial charge in [0.05, 0.1) is 11.6 Å². The highest BCUT2D eigenvalue weighted by atomic mass is 16.2. The van der Waals surface area contributed by atoms with Gasteiger partial charge in [-0.25, -0.2) is 9.78 Å². The molecule has 3 rings (SSSR count). The van der Waals surface area contributed by atoms with E-state index in [-0.39, 0.29) is 6.03 Å². The molecule has 0 saturated carbocycles. The molecule has 1 aromatic heterocycles. The molecule has 1 fully saturated rings. The van der Waals surface area contributed by atoms with Crippen molar-refractivity contribution >= 4 is 17.5 Å². The van der Waals surface area contributed by atoms with Crippen molar-refractivity contribution < 1.29 is 4.79 Å². The zero-order chi connectivity index (χ0) is 18.4. The highest BCUT2D eigenvalue weighted by Crippen LogP contribution is 2.13. The number of nitriles is 1. The molecule has 0 aliphatic carbocycles. The van der Waals surface area contributed by atoms with Crippen LogP contribution in [0, 0.1) is 11.3 Å². The largest absolute Gasteiger partial charge is 0.354 e. The SMILES string of the molecule is CN1CCN(c2ccc(CNC(=O)Nc3ccc(C#N)cc3)cn2)CC1. The third-order valence-corrected chi connectivity index (χ3v) is 4.36. The lowest BCUT2D eigenvalue weighted by molar-refractivity contribution is 0.251. The molecule has 1 aromatic carbocycles. The zero-order valence-corrected chi connectivity index (χ0v) is 14.8. The van der Waals surface area contributed by atoms with E-state index in [0.29, 0.717) is 17.8 Å². The number of nitrogens with zero attached hydrogens (tertiary/aromatic N) is 4. The second-order valence-corrected chi connectivity index (χ2v) is 6.31. The Bertz CT molecular complexity index is 773. The molecule has 2 aromatic rings. The summed E-state index contributed by atoms with van der Waals surface area (Å²) in [6.07, 6.45) is 1.80. The second kappa shape index (κ2) is 8.32. The normalized spacial score (nSPS) is 14.5. The molecule has 1 saturated heterocycles. The number of carbonyl (C=O) groups is 1. The van der Waals surface area contributed by atoms with Crippen LogP contribution in [0.15, 0.2) is 42.6 Å². The number of likely N-dealkylation sites (N-methyl/N-ethyl adjacent to an activating group) is 1. The Balaban J connectivity index is 1.48.